The van der Waals surface area contributed by atoms with Gasteiger partial charge in [0.05, 0.1) is 6.07 Å². The number of nitriles is 1. The quantitative estimate of drug-likeness (QED) is 0.804. The van der Waals surface area contributed by atoms with Gasteiger partial charge in [0.15, 0.2) is 0 Å². The van der Waals surface area contributed by atoms with Gasteiger partial charge in [-0.15, -0.1) is 0 Å². The van der Waals surface area contributed by atoms with Crippen molar-refractivity contribution in [3.05, 3.63) is 0 Å². The first-order chi connectivity index (χ1) is 8.33. The molecule has 1 aliphatic heterocycles. The van der Waals surface area contributed by atoms with E-state index in [0.29, 0.717) is 6.04 Å². The molecule has 1 heterocycles. The molecule has 17 heavy (non-hydrogen) atoms. The van der Waals surface area contributed by atoms with Crippen molar-refractivity contribution in [2.24, 2.45) is 11.8 Å². The van der Waals surface area contributed by atoms with Crippen LogP contribution in [0, 0.1) is 23.2 Å². The summed E-state index contributed by atoms with van der Waals surface area (Å²) in [5.41, 5.74) is 0. The molecular formula is C14H23N3. The SMILES string of the molecule is N#CC(CN1CC2CCCC(C2)C1)NC1CC1. The van der Waals surface area contributed by atoms with Crippen LogP contribution in [0.5, 0.6) is 0 Å². The van der Waals surface area contributed by atoms with Crippen molar-refractivity contribution in [1.82, 2.24) is 10.2 Å². The highest BCUT2D eigenvalue weighted by Crippen LogP contribution is 2.34. The van der Waals surface area contributed by atoms with Gasteiger partial charge in [0.2, 0.25) is 0 Å². The first-order valence-corrected chi connectivity index (χ1v) is 7.21. The predicted octanol–water partition coefficient (Wildman–Crippen LogP) is 1.75. The van der Waals surface area contributed by atoms with Crippen molar-refractivity contribution in [3.63, 3.8) is 0 Å². The fourth-order valence-electron chi connectivity index (χ4n) is 3.61. The molecule has 2 aliphatic carbocycles. The summed E-state index contributed by atoms with van der Waals surface area (Å²) in [6.07, 6.45) is 8.25. The summed E-state index contributed by atoms with van der Waals surface area (Å²) in [7, 11) is 0. The lowest BCUT2D eigenvalue weighted by Gasteiger charge is -2.42. The molecule has 3 nitrogen and oxygen atoms in total. The van der Waals surface area contributed by atoms with E-state index in [1.165, 1.54) is 51.6 Å². The Balaban J connectivity index is 1.51. The van der Waals surface area contributed by atoms with Crippen LogP contribution in [0.25, 0.3) is 0 Å². The third-order valence-electron chi connectivity index (χ3n) is 4.54. The second kappa shape index (κ2) is 4.96. The maximum atomic E-state index is 9.20. The Morgan fingerprint density at radius 1 is 1.18 bits per heavy atom. The smallest absolute Gasteiger partial charge is 0.108 e. The zero-order chi connectivity index (χ0) is 11.7. The van der Waals surface area contributed by atoms with E-state index in [4.69, 9.17) is 0 Å². The number of nitrogens with one attached hydrogen (secondary N) is 1. The maximum absolute atomic E-state index is 9.20. The van der Waals surface area contributed by atoms with Crippen LogP contribution >= 0.6 is 0 Å². The number of fused-ring (bicyclic) bond motifs is 2. The highest BCUT2D eigenvalue weighted by Gasteiger charge is 2.32. The van der Waals surface area contributed by atoms with Crippen molar-refractivity contribution >= 4 is 0 Å². The molecule has 94 valence electrons. The van der Waals surface area contributed by atoms with Crippen LogP contribution in [0.2, 0.25) is 0 Å². The largest absolute Gasteiger partial charge is 0.300 e. The average Bonchev–Trinajstić information content (AvgIpc) is 3.11. The van der Waals surface area contributed by atoms with Gasteiger partial charge in [0, 0.05) is 25.7 Å². The zero-order valence-electron chi connectivity index (χ0n) is 10.6. The second-order valence-corrected chi connectivity index (χ2v) is 6.24. The standard InChI is InChI=1S/C14H23N3/c15-7-14(16-13-4-5-13)10-17-8-11-2-1-3-12(6-11)9-17/h11-14,16H,1-6,8-10H2. The molecule has 0 aromatic rings. The molecule has 0 aromatic heterocycles. The summed E-state index contributed by atoms with van der Waals surface area (Å²) in [6.45, 7) is 3.42. The van der Waals surface area contributed by atoms with Gasteiger partial charge in [-0.05, 0) is 43.9 Å². The van der Waals surface area contributed by atoms with Crippen molar-refractivity contribution in [1.29, 1.82) is 5.26 Å². The lowest BCUT2D eigenvalue weighted by molar-refractivity contribution is 0.0824. The van der Waals surface area contributed by atoms with Crippen LogP contribution < -0.4 is 5.32 Å². The van der Waals surface area contributed by atoms with Crippen LogP contribution in [0.4, 0.5) is 0 Å². The molecule has 0 spiro atoms. The fourth-order valence-corrected chi connectivity index (χ4v) is 3.61. The Morgan fingerprint density at radius 2 is 1.88 bits per heavy atom. The van der Waals surface area contributed by atoms with E-state index < -0.39 is 0 Å². The number of rotatable bonds is 4. The minimum atomic E-state index is 0.0568. The Morgan fingerprint density at radius 3 is 2.47 bits per heavy atom. The summed E-state index contributed by atoms with van der Waals surface area (Å²) in [5.74, 6) is 1.84. The topological polar surface area (TPSA) is 39.1 Å². The number of likely N-dealkylation sites (tertiary alicyclic amines) is 1. The maximum Gasteiger partial charge on any atom is 0.108 e. The summed E-state index contributed by atoms with van der Waals surface area (Å²) in [6, 6.07) is 3.13. The van der Waals surface area contributed by atoms with Gasteiger partial charge in [-0.3, -0.25) is 5.32 Å². The summed E-state index contributed by atoms with van der Waals surface area (Å²) in [5, 5.41) is 12.6. The Hall–Kier alpha value is -0.590. The first kappa shape index (κ1) is 11.5. The lowest BCUT2D eigenvalue weighted by atomic mass is 9.78. The number of piperidine rings is 1. The summed E-state index contributed by atoms with van der Waals surface area (Å²) >= 11 is 0. The van der Waals surface area contributed by atoms with Gasteiger partial charge in [-0.25, -0.2) is 0 Å². The normalized spacial score (nSPS) is 35.2. The average molecular weight is 233 g/mol. The summed E-state index contributed by atoms with van der Waals surface area (Å²) < 4.78 is 0. The highest BCUT2D eigenvalue weighted by molar-refractivity contribution is 4.98. The van der Waals surface area contributed by atoms with E-state index in [-0.39, 0.29) is 6.04 Å². The highest BCUT2D eigenvalue weighted by atomic mass is 15.2. The van der Waals surface area contributed by atoms with Gasteiger partial charge in [-0.2, -0.15) is 5.26 Å². The second-order valence-electron chi connectivity index (χ2n) is 6.24. The third-order valence-corrected chi connectivity index (χ3v) is 4.54. The molecule has 3 aliphatic rings. The monoisotopic (exact) mass is 233 g/mol. The lowest BCUT2D eigenvalue weighted by Crippen LogP contribution is -2.48. The van der Waals surface area contributed by atoms with E-state index in [2.05, 4.69) is 16.3 Å². The molecule has 1 saturated heterocycles. The molecule has 0 aromatic carbocycles. The molecule has 3 atom stereocenters. The van der Waals surface area contributed by atoms with Crippen LogP contribution in [0.1, 0.15) is 38.5 Å². The Bertz CT molecular complexity index is 293. The number of hydrogen-bond donors (Lipinski definition) is 1. The molecule has 1 N–H and O–H groups in total. The zero-order valence-corrected chi connectivity index (χ0v) is 10.6. The minimum Gasteiger partial charge on any atom is -0.300 e. The molecule has 2 bridgehead atoms. The molecule has 0 amide bonds. The van der Waals surface area contributed by atoms with E-state index in [1.54, 1.807) is 0 Å². The Labute approximate surface area is 104 Å². The van der Waals surface area contributed by atoms with Crippen molar-refractivity contribution in [3.8, 4) is 6.07 Å². The molecule has 3 rings (SSSR count). The van der Waals surface area contributed by atoms with Gasteiger partial charge >= 0.3 is 0 Å². The van der Waals surface area contributed by atoms with Gasteiger partial charge in [0.25, 0.3) is 0 Å². The van der Waals surface area contributed by atoms with Crippen LogP contribution in [0.15, 0.2) is 0 Å². The first-order valence-electron chi connectivity index (χ1n) is 7.21. The van der Waals surface area contributed by atoms with Crippen LogP contribution in [-0.2, 0) is 0 Å². The summed E-state index contributed by atoms with van der Waals surface area (Å²) in [4.78, 5) is 2.54. The van der Waals surface area contributed by atoms with Crippen LogP contribution in [0.3, 0.4) is 0 Å². The van der Waals surface area contributed by atoms with E-state index >= 15 is 0 Å². The molecule has 3 fully saturated rings. The van der Waals surface area contributed by atoms with E-state index in [0.717, 1.165) is 18.4 Å². The number of nitrogens with zero attached hydrogens (tertiary/aromatic N) is 2. The van der Waals surface area contributed by atoms with Crippen molar-refractivity contribution < 1.29 is 0 Å². The number of hydrogen-bond acceptors (Lipinski definition) is 3. The third kappa shape index (κ3) is 3.00. The predicted molar refractivity (Wildman–Crippen MR) is 67.4 cm³/mol. The van der Waals surface area contributed by atoms with Crippen molar-refractivity contribution in [2.45, 2.75) is 50.6 Å². The molecule has 3 unspecified atom stereocenters. The molecule has 2 saturated carbocycles. The van der Waals surface area contributed by atoms with Gasteiger partial charge < -0.3 is 4.90 Å². The molecular weight excluding hydrogens is 210 g/mol. The van der Waals surface area contributed by atoms with Gasteiger partial charge in [-0.1, -0.05) is 6.42 Å². The molecule has 0 radical (unpaired) electrons. The minimum absolute atomic E-state index is 0.0568. The van der Waals surface area contributed by atoms with E-state index in [9.17, 15) is 5.26 Å². The van der Waals surface area contributed by atoms with Crippen LogP contribution in [-0.4, -0.2) is 36.6 Å². The van der Waals surface area contributed by atoms with Crippen molar-refractivity contribution in [2.75, 3.05) is 19.6 Å². The van der Waals surface area contributed by atoms with E-state index in [1.807, 2.05) is 0 Å². The van der Waals surface area contributed by atoms with Gasteiger partial charge in [0.1, 0.15) is 6.04 Å². The molecule has 3 heteroatoms. The fraction of sp³-hybridized carbons (Fsp3) is 0.929. The Kier molecular flexibility index (Phi) is 3.35.